The molecule has 0 nitrogen and oxygen atoms in total. The van der Waals surface area contributed by atoms with Crippen LogP contribution in [0.5, 0.6) is 0 Å². The third-order valence-electron chi connectivity index (χ3n) is 3.57. The first-order valence-electron chi connectivity index (χ1n) is 8.13. The first-order valence-corrected chi connectivity index (χ1v) is 8.13. The maximum Gasteiger partial charge on any atom is -0.0353 e. The summed E-state index contributed by atoms with van der Waals surface area (Å²) < 4.78 is 0. The highest BCUT2D eigenvalue weighted by Crippen LogP contribution is 2.12. The Kier molecular flexibility index (Phi) is 16.0. The molecule has 0 amide bonds. The zero-order valence-electron chi connectivity index (χ0n) is 12.5. The van der Waals surface area contributed by atoms with E-state index in [0.29, 0.717) is 0 Å². The van der Waals surface area contributed by atoms with E-state index >= 15 is 0 Å². The molecular formula is C18H34. The van der Waals surface area contributed by atoms with Crippen molar-refractivity contribution in [1.82, 2.24) is 0 Å². The fourth-order valence-corrected chi connectivity index (χ4v) is 2.35. The molecule has 0 fully saturated rings. The van der Waals surface area contributed by atoms with Crippen LogP contribution in [-0.4, -0.2) is 0 Å². The van der Waals surface area contributed by atoms with Crippen LogP contribution in [0.3, 0.4) is 0 Å². The molecule has 0 heteroatoms. The van der Waals surface area contributed by atoms with Crippen LogP contribution >= 0.6 is 0 Å². The van der Waals surface area contributed by atoms with Crippen molar-refractivity contribution in [2.75, 3.05) is 0 Å². The van der Waals surface area contributed by atoms with Gasteiger partial charge >= 0.3 is 0 Å². The van der Waals surface area contributed by atoms with E-state index in [-0.39, 0.29) is 0 Å². The van der Waals surface area contributed by atoms with Gasteiger partial charge in [-0.05, 0) is 25.7 Å². The van der Waals surface area contributed by atoms with Crippen molar-refractivity contribution >= 4 is 0 Å². The smallest absolute Gasteiger partial charge is 0.0353 e. The number of hydrogen-bond donors (Lipinski definition) is 0. The molecule has 0 heterocycles. The Morgan fingerprint density at radius 1 is 0.389 bits per heavy atom. The molecule has 0 aliphatic rings. The lowest BCUT2D eigenvalue weighted by molar-refractivity contribution is 0.542. The second-order valence-electron chi connectivity index (χ2n) is 5.40. The van der Waals surface area contributed by atoms with Gasteiger partial charge in [-0.25, -0.2) is 0 Å². The van der Waals surface area contributed by atoms with Crippen molar-refractivity contribution in [3.8, 4) is 0 Å². The Morgan fingerprint density at radius 2 is 0.611 bits per heavy atom. The van der Waals surface area contributed by atoms with Gasteiger partial charge in [-0.1, -0.05) is 76.4 Å². The second-order valence-corrected chi connectivity index (χ2v) is 5.40. The SMILES string of the molecule is C=CCCCCCCCCCCCCCCC=C. The van der Waals surface area contributed by atoms with Crippen molar-refractivity contribution in [2.24, 2.45) is 0 Å². The molecule has 0 N–H and O–H groups in total. The molecule has 0 spiro atoms. The summed E-state index contributed by atoms with van der Waals surface area (Å²) in [7, 11) is 0. The van der Waals surface area contributed by atoms with Crippen molar-refractivity contribution < 1.29 is 0 Å². The van der Waals surface area contributed by atoms with Gasteiger partial charge in [-0.15, -0.1) is 13.2 Å². The molecule has 18 heavy (non-hydrogen) atoms. The van der Waals surface area contributed by atoms with Gasteiger partial charge in [0.1, 0.15) is 0 Å². The van der Waals surface area contributed by atoms with E-state index in [1.807, 2.05) is 12.2 Å². The third-order valence-corrected chi connectivity index (χ3v) is 3.57. The molecule has 0 bridgehead atoms. The quantitative estimate of drug-likeness (QED) is 0.221. The normalized spacial score (nSPS) is 10.4. The lowest BCUT2D eigenvalue weighted by Gasteiger charge is -2.02. The van der Waals surface area contributed by atoms with Gasteiger partial charge in [0.2, 0.25) is 0 Å². The maximum atomic E-state index is 3.75. The van der Waals surface area contributed by atoms with Crippen LogP contribution in [0.25, 0.3) is 0 Å². The molecule has 0 rings (SSSR count). The Hall–Kier alpha value is -0.520. The zero-order chi connectivity index (χ0) is 13.3. The molecule has 106 valence electrons. The Bertz CT molecular complexity index is 149. The number of unbranched alkanes of at least 4 members (excludes halogenated alkanes) is 13. The fourth-order valence-electron chi connectivity index (χ4n) is 2.35. The molecule has 0 saturated heterocycles. The van der Waals surface area contributed by atoms with Gasteiger partial charge in [-0.3, -0.25) is 0 Å². The molecule has 0 aromatic heterocycles. The highest BCUT2D eigenvalue weighted by atomic mass is 14.0. The Balaban J connectivity index is 2.90. The number of allylic oxidation sites excluding steroid dienone is 2. The van der Waals surface area contributed by atoms with E-state index in [0.717, 1.165) is 0 Å². The number of rotatable bonds is 15. The van der Waals surface area contributed by atoms with Crippen LogP contribution < -0.4 is 0 Å². The van der Waals surface area contributed by atoms with Gasteiger partial charge in [0.25, 0.3) is 0 Å². The molecular weight excluding hydrogens is 216 g/mol. The Labute approximate surface area is 116 Å². The largest absolute Gasteiger partial charge is 0.103 e. The minimum atomic E-state index is 1.20. The van der Waals surface area contributed by atoms with Gasteiger partial charge in [0.15, 0.2) is 0 Å². The van der Waals surface area contributed by atoms with Gasteiger partial charge in [-0.2, -0.15) is 0 Å². The van der Waals surface area contributed by atoms with Crippen LogP contribution in [0.2, 0.25) is 0 Å². The molecule has 0 aliphatic heterocycles. The van der Waals surface area contributed by atoms with E-state index in [9.17, 15) is 0 Å². The highest BCUT2D eigenvalue weighted by Gasteiger charge is 1.93. The van der Waals surface area contributed by atoms with Gasteiger partial charge in [0.05, 0.1) is 0 Å². The minimum Gasteiger partial charge on any atom is -0.103 e. The van der Waals surface area contributed by atoms with E-state index in [1.165, 1.54) is 89.9 Å². The minimum absolute atomic E-state index is 1.20. The monoisotopic (exact) mass is 250 g/mol. The summed E-state index contributed by atoms with van der Waals surface area (Å²) in [6.45, 7) is 7.51. The lowest BCUT2D eigenvalue weighted by Crippen LogP contribution is -1.82. The summed E-state index contributed by atoms with van der Waals surface area (Å²) >= 11 is 0. The van der Waals surface area contributed by atoms with E-state index in [4.69, 9.17) is 0 Å². The van der Waals surface area contributed by atoms with Crippen molar-refractivity contribution in [3.63, 3.8) is 0 Å². The predicted octanol–water partition coefficient (Wildman–Crippen LogP) is 6.82. The summed E-state index contributed by atoms with van der Waals surface area (Å²) in [5, 5.41) is 0. The van der Waals surface area contributed by atoms with E-state index in [1.54, 1.807) is 0 Å². The van der Waals surface area contributed by atoms with Crippen molar-refractivity contribution in [3.05, 3.63) is 25.3 Å². The average Bonchev–Trinajstić information content (AvgIpc) is 2.39. The van der Waals surface area contributed by atoms with Crippen molar-refractivity contribution in [2.45, 2.75) is 89.9 Å². The van der Waals surface area contributed by atoms with Gasteiger partial charge < -0.3 is 0 Å². The summed E-state index contributed by atoms with van der Waals surface area (Å²) in [6.07, 6.45) is 23.5. The van der Waals surface area contributed by atoms with Crippen LogP contribution in [0, 0.1) is 0 Å². The highest BCUT2D eigenvalue weighted by molar-refractivity contribution is 4.66. The standard InChI is InChI=1S/C18H34/c1-3-5-7-9-11-13-15-17-18-16-14-12-10-8-6-4-2/h3-4H,1-2,5-18H2. The molecule has 0 aromatic rings. The van der Waals surface area contributed by atoms with Gasteiger partial charge in [0, 0.05) is 0 Å². The topological polar surface area (TPSA) is 0 Å². The van der Waals surface area contributed by atoms with Crippen LogP contribution in [-0.2, 0) is 0 Å². The summed E-state index contributed by atoms with van der Waals surface area (Å²) in [4.78, 5) is 0. The molecule has 0 radical (unpaired) electrons. The van der Waals surface area contributed by atoms with Crippen molar-refractivity contribution in [1.29, 1.82) is 0 Å². The van der Waals surface area contributed by atoms with Crippen LogP contribution in [0.4, 0.5) is 0 Å². The van der Waals surface area contributed by atoms with E-state index in [2.05, 4.69) is 13.2 Å². The number of hydrogen-bond acceptors (Lipinski definition) is 0. The second kappa shape index (κ2) is 16.5. The predicted molar refractivity (Wildman–Crippen MR) is 85.0 cm³/mol. The summed E-state index contributed by atoms with van der Waals surface area (Å²) in [5.74, 6) is 0. The Morgan fingerprint density at radius 3 is 0.833 bits per heavy atom. The summed E-state index contributed by atoms with van der Waals surface area (Å²) in [6, 6.07) is 0. The fraction of sp³-hybridized carbons (Fsp3) is 0.778. The molecule has 0 atom stereocenters. The molecule has 0 aliphatic carbocycles. The first-order chi connectivity index (χ1) is 8.91. The molecule has 0 unspecified atom stereocenters. The van der Waals surface area contributed by atoms with E-state index < -0.39 is 0 Å². The molecule has 0 aromatic carbocycles. The third kappa shape index (κ3) is 15.5. The average molecular weight is 250 g/mol. The lowest BCUT2D eigenvalue weighted by atomic mass is 10.0. The molecule has 0 saturated carbocycles. The zero-order valence-corrected chi connectivity index (χ0v) is 12.5. The van der Waals surface area contributed by atoms with Crippen LogP contribution in [0.15, 0.2) is 25.3 Å². The summed E-state index contributed by atoms with van der Waals surface area (Å²) in [5.41, 5.74) is 0. The maximum absolute atomic E-state index is 3.75. The first kappa shape index (κ1) is 17.5. The van der Waals surface area contributed by atoms with Crippen LogP contribution in [0.1, 0.15) is 89.9 Å².